The van der Waals surface area contributed by atoms with E-state index in [1.807, 2.05) is 6.07 Å². The first-order valence-corrected chi connectivity index (χ1v) is 7.95. The number of fused-ring (bicyclic) bond motifs is 4. The predicted molar refractivity (Wildman–Crippen MR) is 78.6 cm³/mol. The summed E-state index contributed by atoms with van der Waals surface area (Å²) < 4.78 is 0. The van der Waals surface area contributed by atoms with E-state index >= 15 is 0 Å². The van der Waals surface area contributed by atoms with Gasteiger partial charge in [0.2, 0.25) is 0 Å². The minimum Gasteiger partial charge on any atom is -0.314 e. The topological polar surface area (TPSA) is 15.3 Å². The summed E-state index contributed by atoms with van der Waals surface area (Å²) in [5.41, 5.74) is 2.89. The molecular formula is C16H21ClN2. The Morgan fingerprint density at radius 1 is 1.32 bits per heavy atom. The molecule has 3 aliphatic rings. The molecule has 1 aromatic carbocycles. The third-order valence-corrected chi connectivity index (χ3v) is 5.63. The highest BCUT2D eigenvalue weighted by molar-refractivity contribution is 6.31. The third-order valence-electron chi connectivity index (χ3n) is 5.28. The van der Waals surface area contributed by atoms with E-state index in [0.717, 1.165) is 23.4 Å². The molecule has 3 atom stereocenters. The van der Waals surface area contributed by atoms with Crippen molar-refractivity contribution in [3.05, 3.63) is 34.3 Å². The van der Waals surface area contributed by atoms with E-state index in [0.29, 0.717) is 6.04 Å². The second-order valence-corrected chi connectivity index (χ2v) is 6.67. The quantitative estimate of drug-likeness (QED) is 0.784. The van der Waals surface area contributed by atoms with Crippen molar-refractivity contribution in [2.75, 3.05) is 19.6 Å². The fourth-order valence-electron chi connectivity index (χ4n) is 4.31. The molecule has 3 aliphatic heterocycles. The first-order valence-electron chi connectivity index (χ1n) is 7.57. The molecule has 2 nitrogen and oxygen atoms in total. The van der Waals surface area contributed by atoms with Crippen molar-refractivity contribution in [3.63, 3.8) is 0 Å². The van der Waals surface area contributed by atoms with Crippen molar-refractivity contribution in [1.29, 1.82) is 0 Å². The van der Waals surface area contributed by atoms with Crippen molar-refractivity contribution < 1.29 is 0 Å². The lowest BCUT2D eigenvalue weighted by molar-refractivity contribution is 0.0552. The van der Waals surface area contributed by atoms with E-state index in [4.69, 9.17) is 11.6 Å². The summed E-state index contributed by atoms with van der Waals surface area (Å²) in [7, 11) is 0. The molecule has 2 fully saturated rings. The average molecular weight is 277 g/mol. The maximum absolute atomic E-state index is 6.38. The standard InChI is InChI=1S/C16H21ClN2/c17-14-5-1-4-13-12(14)6-8-19-10-11-3-2-7-18-15(11)9-16(13)19/h1,4-5,11,15-16,18H,2-3,6-10H2/t11-,15+,16-/m1/s1. The Labute approximate surface area is 120 Å². The predicted octanol–water partition coefficient (Wildman–Crippen LogP) is 3.01. The van der Waals surface area contributed by atoms with Crippen LogP contribution >= 0.6 is 11.6 Å². The maximum Gasteiger partial charge on any atom is 0.0441 e. The van der Waals surface area contributed by atoms with E-state index in [1.165, 1.54) is 50.0 Å². The van der Waals surface area contributed by atoms with E-state index in [-0.39, 0.29) is 0 Å². The zero-order valence-corrected chi connectivity index (χ0v) is 12.0. The van der Waals surface area contributed by atoms with Crippen LogP contribution in [0.15, 0.2) is 18.2 Å². The summed E-state index contributed by atoms with van der Waals surface area (Å²) in [6, 6.07) is 7.77. The van der Waals surface area contributed by atoms with Gasteiger partial charge in [0, 0.05) is 30.2 Å². The summed E-state index contributed by atoms with van der Waals surface area (Å²) >= 11 is 6.38. The second-order valence-electron chi connectivity index (χ2n) is 6.27. The molecule has 0 spiro atoms. The van der Waals surface area contributed by atoms with Crippen LogP contribution in [0.3, 0.4) is 0 Å². The largest absolute Gasteiger partial charge is 0.314 e. The Bertz CT molecular complexity index is 488. The Hall–Kier alpha value is -0.570. The van der Waals surface area contributed by atoms with Crippen LogP contribution in [-0.4, -0.2) is 30.6 Å². The molecule has 102 valence electrons. The van der Waals surface area contributed by atoms with Crippen LogP contribution in [-0.2, 0) is 6.42 Å². The van der Waals surface area contributed by atoms with Gasteiger partial charge in [-0.05, 0) is 55.3 Å². The number of hydrogen-bond donors (Lipinski definition) is 1. The van der Waals surface area contributed by atoms with Crippen LogP contribution in [0, 0.1) is 5.92 Å². The highest BCUT2D eigenvalue weighted by Crippen LogP contribution is 2.41. The Morgan fingerprint density at radius 3 is 3.21 bits per heavy atom. The molecule has 0 saturated carbocycles. The first kappa shape index (κ1) is 12.2. The molecular weight excluding hydrogens is 256 g/mol. The van der Waals surface area contributed by atoms with Gasteiger partial charge in [-0.15, -0.1) is 0 Å². The number of piperidine rings is 2. The van der Waals surface area contributed by atoms with E-state index in [2.05, 4.69) is 22.3 Å². The monoisotopic (exact) mass is 276 g/mol. The van der Waals surface area contributed by atoms with Crippen LogP contribution in [0.25, 0.3) is 0 Å². The van der Waals surface area contributed by atoms with Gasteiger partial charge in [0.05, 0.1) is 0 Å². The number of halogens is 1. The molecule has 3 heteroatoms. The fraction of sp³-hybridized carbons (Fsp3) is 0.625. The summed E-state index contributed by atoms with van der Waals surface area (Å²) in [4.78, 5) is 2.70. The zero-order chi connectivity index (χ0) is 12.8. The van der Waals surface area contributed by atoms with Gasteiger partial charge in [-0.1, -0.05) is 23.7 Å². The minimum absolute atomic E-state index is 0.592. The van der Waals surface area contributed by atoms with E-state index in [1.54, 1.807) is 0 Å². The average Bonchev–Trinajstić information content (AvgIpc) is 2.45. The molecule has 0 aliphatic carbocycles. The number of rotatable bonds is 0. The Kier molecular flexibility index (Phi) is 3.06. The lowest BCUT2D eigenvalue weighted by Gasteiger charge is -2.49. The van der Waals surface area contributed by atoms with Crippen LogP contribution in [0.4, 0.5) is 0 Å². The van der Waals surface area contributed by atoms with E-state index < -0.39 is 0 Å². The van der Waals surface area contributed by atoms with E-state index in [9.17, 15) is 0 Å². The van der Waals surface area contributed by atoms with Gasteiger partial charge in [0.15, 0.2) is 0 Å². The molecule has 0 unspecified atom stereocenters. The Balaban J connectivity index is 1.67. The highest BCUT2D eigenvalue weighted by Gasteiger charge is 2.39. The molecule has 19 heavy (non-hydrogen) atoms. The number of benzene rings is 1. The van der Waals surface area contributed by atoms with Gasteiger partial charge in [0.1, 0.15) is 0 Å². The zero-order valence-electron chi connectivity index (χ0n) is 11.2. The maximum atomic E-state index is 6.38. The molecule has 2 saturated heterocycles. The molecule has 4 rings (SSSR count). The lowest BCUT2D eigenvalue weighted by Crippen LogP contribution is -2.54. The lowest BCUT2D eigenvalue weighted by atomic mass is 9.77. The van der Waals surface area contributed by atoms with Gasteiger partial charge in [0.25, 0.3) is 0 Å². The van der Waals surface area contributed by atoms with Crippen LogP contribution in [0.2, 0.25) is 5.02 Å². The molecule has 0 aromatic heterocycles. The summed E-state index contributed by atoms with van der Waals surface area (Å²) in [5.74, 6) is 0.866. The van der Waals surface area contributed by atoms with Crippen LogP contribution in [0.5, 0.6) is 0 Å². The van der Waals surface area contributed by atoms with Gasteiger partial charge < -0.3 is 5.32 Å². The number of nitrogens with zero attached hydrogens (tertiary/aromatic N) is 1. The van der Waals surface area contributed by atoms with Gasteiger partial charge in [-0.2, -0.15) is 0 Å². The minimum atomic E-state index is 0.592. The molecule has 0 amide bonds. The van der Waals surface area contributed by atoms with Crippen LogP contribution < -0.4 is 5.32 Å². The van der Waals surface area contributed by atoms with Crippen LogP contribution in [0.1, 0.15) is 36.4 Å². The van der Waals surface area contributed by atoms with Gasteiger partial charge >= 0.3 is 0 Å². The number of hydrogen-bond acceptors (Lipinski definition) is 2. The molecule has 0 bridgehead atoms. The first-order chi connectivity index (χ1) is 9.33. The third kappa shape index (κ3) is 2.01. The van der Waals surface area contributed by atoms with Gasteiger partial charge in [-0.25, -0.2) is 0 Å². The van der Waals surface area contributed by atoms with Crippen molar-refractivity contribution >= 4 is 11.6 Å². The van der Waals surface area contributed by atoms with Gasteiger partial charge in [-0.3, -0.25) is 4.90 Å². The van der Waals surface area contributed by atoms with Crippen molar-refractivity contribution in [3.8, 4) is 0 Å². The molecule has 3 heterocycles. The fourth-order valence-corrected chi connectivity index (χ4v) is 4.59. The summed E-state index contributed by atoms with van der Waals surface area (Å²) in [6.07, 6.45) is 5.14. The molecule has 1 N–H and O–H groups in total. The normalized spacial score (nSPS) is 34.3. The second kappa shape index (κ2) is 4.76. The summed E-state index contributed by atoms with van der Waals surface area (Å²) in [6.45, 7) is 3.66. The van der Waals surface area contributed by atoms with Crippen molar-refractivity contribution in [2.45, 2.75) is 37.8 Å². The number of nitrogens with one attached hydrogen (secondary N) is 1. The molecule has 0 radical (unpaired) electrons. The summed E-state index contributed by atoms with van der Waals surface area (Å²) in [5, 5.41) is 4.71. The highest BCUT2D eigenvalue weighted by atomic mass is 35.5. The smallest absolute Gasteiger partial charge is 0.0441 e. The van der Waals surface area contributed by atoms with Crippen molar-refractivity contribution in [1.82, 2.24) is 10.2 Å². The van der Waals surface area contributed by atoms with Crippen molar-refractivity contribution in [2.24, 2.45) is 5.92 Å². The molecule has 1 aromatic rings. The SMILES string of the molecule is Clc1cccc2c1CCN1C[C@H]3CCCN[C@H]3C[C@H]21. The Morgan fingerprint density at radius 2 is 2.26 bits per heavy atom.